The van der Waals surface area contributed by atoms with Gasteiger partial charge in [-0.2, -0.15) is 0 Å². The second-order valence-corrected chi connectivity index (χ2v) is 7.02. The monoisotopic (exact) mass is 303 g/mol. The van der Waals surface area contributed by atoms with Gasteiger partial charge < -0.3 is 10.4 Å². The summed E-state index contributed by atoms with van der Waals surface area (Å²) in [6.45, 7) is 3.11. The van der Waals surface area contributed by atoms with Crippen molar-refractivity contribution in [3.8, 4) is 0 Å². The van der Waals surface area contributed by atoms with Gasteiger partial charge in [0.25, 0.3) is 0 Å². The molecule has 90 valence electrons. The Balaban J connectivity index is 1.81. The maximum absolute atomic E-state index is 9.73. The lowest BCUT2D eigenvalue weighted by atomic mass is 10.1. The van der Waals surface area contributed by atoms with Crippen molar-refractivity contribution in [1.82, 2.24) is 5.32 Å². The molecule has 0 spiro atoms. The van der Waals surface area contributed by atoms with Crippen LogP contribution in [0, 0.1) is 5.92 Å². The number of aliphatic hydroxyl groups is 1. The average molecular weight is 304 g/mol. The lowest BCUT2D eigenvalue weighted by molar-refractivity contribution is 0.130. The third kappa shape index (κ3) is 3.06. The maximum Gasteiger partial charge on any atom is 0.0701 e. The van der Waals surface area contributed by atoms with E-state index in [-0.39, 0.29) is 6.10 Å². The van der Waals surface area contributed by atoms with Crippen molar-refractivity contribution in [1.29, 1.82) is 0 Å². The van der Waals surface area contributed by atoms with Crippen molar-refractivity contribution in [3.63, 3.8) is 0 Å². The van der Waals surface area contributed by atoms with E-state index in [2.05, 4.69) is 40.3 Å². The fourth-order valence-corrected chi connectivity index (χ4v) is 3.70. The average Bonchev–Trinajstić information content (AvgIpc) is 2.84. The van der Waals surface area contributed by atoms with Gasteiger partial charge in [0.05, 0.1) is 9.89 Å². The fraction of sp³-hybridized carbons (Fsp3) is 0.667. The fourth-order valence-electron chi connectivity index (χ4n) is 2.25. The van der Waals surface area contributed by atoms with Crippen LogP contribution >= 0.6 is 27.3 Å². The summed E-state index contributed by atoms with van der Waals surface area (Å²) in [5, 5.41) is 13.2. The highest BCUT2D eigenvalue weighted by atomic mass is 79.9. The van der Waals surface area contributed by atoms with E-state index in [1.807, 2.05) is 0 Å². The first-order chi connectivity index (χ1) is 7.66. The number of thiophene rings is 1. The molecule has 1 fully saturated rings. The first kappa shape index (κ1) is 12.6. The molecular weight excluding hydrogens is 286 g/mol. The minimum absolute atomic E-state index is 0.0882. The first-order valence-corrected chi connectivity index (χ1v) is 7.44. The molecule has 0 aliphatic heterocycles. The molecule has 1 heterocycles. The van der Waals surface area contributed by atoms with E-state index >= 15 is 0 Å². The normalized spacial score (nSPS) is 27.2. The summed E-state index contributed by atoms with van der Waals surface area (Å²) in [5.74, 6) is 0.450. The van der Waals surface area contributed by atoms with Gasteiger partial charge in [-0.1, -0.05) is 6.42 Å². The summed E-state index contributed by atoms with van der Waals surface area (Å²) in [4.78, 5) is 1.35. The standard InChI is InChI=1S/C12H18BrNOS/c1-8(11-5-6-12(13)16-11)14-7-9-3-2-4-10(9)15/h5-6,8-10,14-15H,2-4,7H2,1H3. The minimum atomic E-state index is -0.0882. The van der Waals surface area contributed by atoms with Gasteiger partial charge in [-0.15, -0.1) is 11.3 Å². The molecular formula is C12H18BrNOS. The Morgan fingerprint density at radius 3 is 2.94 bits per heavy atom. The van der Waals surface area contributed by atoms with Crippen LogP contribution in [0.2, 0.25) is 0 Å². The van der Waals surface area contributed by atoms with Crippen LogP contribution in [0.15, 0.2) is 15.9 Å². The number of nitrogens with one attached hydrogen (secondary N) is 1. The minimum Gasteiger partial charge on any atom is -0.393 e. The summed E-state index contributed by atoms with van der Waals surface area (Å²) in [5.41, 5.74) is 0. The van der Waals surface area contributed by atoms with E-state index in [0.717, 1.165) is 19.4 Å². The first-order valence-electron chi connectivity index (χ1n) is 5.83. The molecule has 1 aromatic heterocycles. The van der Waals surface area contributed by atoms with Crippen LogP contribution in [0.25, 0.3) is 0 Å². The Bertz CT molecular complexity index is 342. The van der Waals surface area contributed by atoms with Crippen LogP contribution in [0.3, 0.4) is 0 Å². The van der Waals surface area contributed by atoms with Crippen LogP contribution in [-0.4, -0.2) is 17.8 Å². The highest BCUT2D eigenvalue weighted by Gasteiger charge is 2.25. The molecule has 3 atom stereocenters. The molecule has 0 saturated heterocycles. The van der Waals surface area contributed by atoms with Crippen molar-refractivity contribution >= 4 is 27.3 Å². The number of hydrogen-bond donors (Lipinski definition) is 2. The topological polar surface area (TPSA) is 32.3 Å². The van der Waals surface area contributed by atoms with Gasteiger partial charge in [0, 0.05) is 17.5 Å². The Morgan fingerprint density at radius 2 is 2.38 bits per heavy atom. The van der Waals surface area contributed by atoms with Crippen LogP contribution in [0.1, 0.15) is 37.1 Å². The zero-order chi connectivity index (χ0) is 11.5. The Labute approximate surface area is 109 Å². The Hall–Kier alpha value is 0.1000. The Morgan fingerprint density at radius 1 is 1.56 bits per heavy atom. The van der Waals surface area contributed by atoms with Crippen molar-refractivity contribution in [2.75, 3.05) is 6.54 Å². The second-order valence-electron chi connectivity index (χ2n) is 4.53. The number of aliphatic hydroxyl groups excluding tert-OH is 1. The van der Waals surface area contributed by atoms with Crippen LogP contribution < -0.4 is 5.32 Å². The van der Waals surface area contributed by atoms with E-state index in [0.29, 0.717) is 12.0 Å². The Kier molecular flexibility index (Phi) is 4.41. The molecule has 16 heavy (non-hydrogen) atoms. The quantitative estimate of drug-likeness (QED) is 0.894. The van der Waals surface area contributed by atoms with Crippen molar-refractivity contribution in [3.05, 3.63) is 20.8 Å². The van der Waals surface area contributed by atoms with Gasteiger partial charge in [-0.25, -0.2) is 0 Å². The predicted molar refractivity (Wildman–Crippen MR) is 71.8 cm³/mol. The largest absolute Gasteiger partial charge is 0.393 e. The molecule has 1 aromatic rings. The molecule has 0 aromatic carbocycles. The summed E-state index contributed by atoms with van der Waals surface area (Å²) in [7, 11) is 0. The van der Waals surface area contributed by atoms with Gasteiger partial charge in [-0.3, -0.25) is 0 Å². The molecule has 1 aliphatic rings. The van der Waals surface area contributed by atoms with Gasteiger partial charge in [-0.05, 0) is 53.7 Å². The SMILES string of the molecule is CC(NCC1CCCC1O)c1ccc(Br)s1. The summed E-state index contributed by atoms with van der Waals surface area (Å²) in [6.07, 6.45) is 3.22. The maximum atomic E-state index is 9.73. The molecule has 2 nitrogen and oxygen atoms in total. The molecule has 4 heteroatoms. The number of rotatable bonds is 4. The highest BCUT2D eigenvalue weighted by Crippen LogP contribution is 2.29. The predicted octanol–water partition coefficient (Wildman–Crippen LogP) is 3.32. The molecule has 1 saturated carbocycles. The third-order valence-corrected chi connectivity index (χ3v) is 5.13. The van der Waals surface area contributed by atoms with E-state index in [1.54, 1.807) is 11.3 Å². The number of halogens is 1. The van der Waals surface area contributed by atoms with Crippen LogP contribution in [0.4, 0.5) is 0 Å². The van der Waals surface area contributed by atoms with Crippen molar-refractivity contribution < 1.29 is 5.11 Å². The summed E-state index contributed by atoms with van der Waals surface area (Å²) < 4.78 is 1.18. The van der Waals surface area contributed by atoms with Gasteiger partial charge in [0.1, 0.15) is 0 Å². The molecule has 1 aliphatic carbocycles. The van der Waals surface area contributed by atoms with E-state index < -0.39 is 0 Å². The van der Waals surface area contributed by atoms with Gasteiger partial charge in [0.15, 0.2) is 0 Å². The summed E-state index contributed by atoms with van der Waals surface area (Å²) in [6, 6.07) is 4.61. The van der Waals surface area contributed by atoms with Crippen molar-refractivity contribution in [2.45, 2.75) is 38.3 Å². The lowest BCUT2D eigenvalue weighted by Gasteiger charge is -2.18. The van der Waals surface area contributed by atoms with Crippen LogP contribution in [0.5, 0.6) is 0 Å². The third-order valence-electron chi connectivity index (χ3n) is 3.33. The van der Waals surface area contributed by atoms with Crippen LogP contribution in [-0.2, 0) is 0 Å². The smallest absolute Gasteiger partial charge is 0.0701 e. The lowest BCUT2D eigenvalue weighted by Crippen LogP contribution is -2.29. The van der Waals surface area contributed by atoms with Gasteiger partial charge >= 0.3 is 0 Å². The van der Waals surface area contributed by atoms with Crippen molar-refractivity contribution in [2.24, 2.45) is 5.92 Å². The van der Waals surface area contributed by atoms with E-state index in [9.17, 15) is 5.11 Å². The number of hydrogen-bond acceptors (Lipinski definition) is 3. The molecule has 3 unspecified atom stereocenters. The molecule has 0 amide bonds. The van der Waals surface area contributed by atoms with E-state index in [1.165, 1.54) is 15.1 Å². The molecule has 0 radical (unpaired) electrons. The van der Waals surface area contributed by atoms with E-state index in [4.69, 9.17) is 0 Å². The summed E-state index contributed by atoms with van der Waals surface area (Å²) >= 11 is 5.25. The zero-order valence-electron chi connectivity index (χ0n) is 9.45. The van der Waals surface area contributed by atoms with Gasteiger partial charge in [0.2, 0.25) is 0 Å². The molecule has 2 rings (SSSR count). The molecule has 2 N–H and O–H groups in total. The zero-order valence-corrected chi connectivity index (χ0v) is 11.9. The highest BCUT2D eigenvalue weighted by molar-refractivity contribution is 9.11. The molecule has 0 bridgehead atoms. The second kappa shape index (κ2) is 5.63.